The maximum atomic E-state index is 12.1. The van der Waals surface area contributed by atoms with E-state index in [9.17, 15) is 19.7 Å². The predicted octanol–water partition coefficient (Wildman–Crippen LogP) is 1.74. The Morgan fingerprint density at radius 1 is 1.35 bits per heavy atom. The molecule has 0 radical (unpaired) electrons. The fourth-order valence-electron chi connectivity index (χ4n) is 1.83. The summed E-state index contributed by atoms with van der Waals surface area (Å²) in [6, 6.07) is 3.16. The van der Waals surface area contributed by atoms with Crippen molar-refractivity contribution in [1.82, 2.24) is 5.32 Å². The van der Waals surface area contributed by atoms with Gasteiger partial charge in [-0.3, -0.25) is 14.9 Å². The second-order valence-corrected chi connectivity index (χ2v) is 4.76. The average molecular weight is 280 g/mol. The molecule has 0 unspecified atom stereocenters. The first-order chi connectivity index (χ1) is 9.25. The quantitative estimate of drug-likeness (QED) is 0.630. The van der Waals surface area contributed by atoms with Gasteiger partial charge in [0.2, 0.25) is 0 Å². The third-order valence-electron chi connectivity index (χ3n) is 2.89. The number of aryl methyl sites for hydroxylation is 1. The highest BCUT2D eigenvalue weighted by atomic mass is 16.6. The van der Waals surface area contributed by atoms with Crippen molar-refractivity contribution in [2.45, 2.75) is 26.8 Å². The van der Waals surface area contributed by atoms with E-state index in [1.165, 1.54) is 12.1 Å². The van der Waals surface area contributed by atoms with Crippen molar-refractivity contribution in [1.29, 1.82) is 0 Å². The maximum absolute atomic E-state index is 12.1. The van der Waals surface area contributed by atoms with Crippen molar-refractivity contribution in [3.63, 3.8) is 0 Å². The molecule has 2 N–H and O–H groups in total. The lowest BCUT2D eigenvalue weighted by atomic mass is 10.0. The zero-order valence-electron chi connectivity index (χ0n) is 11.4. The number of carbonyl (C=O) groups is 2. The second-order valence-electron chi connectivity index (χ2n) is 4.76. The number of hydrogen-bond donors (Lipinski definition) is 2. The summed E-state index contributed by atoms with van der Waals surface area (Å²) in [5, 5.41) is 22.3. The molecule has 0 spiro atoms. The Hall–Kier alpha value is -2.44. The average Bonchev–Trinajstić information content (AvgIpc) is 2.34. The van der Waals surface area contributed by atoms with Crippen LogP contribution in [0.25, 0.3) is 0 Å². The molecule has 1 aromatic carbocycles. The summed E-state index contributed by atoms with van der Waals surface area (Å²) in [6.45, 7) is 4.85. The largest absolute Gasteiger partial charge is 0.480 e. The normalized spacial score (nSPS) is 12.0. The molecule has 20 heavy (non-hydrogen) atoms. The Morgan fingerprint density at radius 2 is 1.95 bits per heavy atom. The first-order valence-electron chi connectivity index (χ1n) is 6.03. The molecule has 0 saturated heterocycles. The lowest BCUT2D eigenvalue weighted by molar-refractivity contribution is -0.385. The lowest BCUT2D eigenvalue weighted by Gasteiger charge is -2.18. The molecule has 1 aromatic rings. The van der Waals surface area contributed by atoms with Crippen LogP contribution >= 0.6 is 0 Å². The third-order valence-corrected chi connectivity index (χ3v) is 2.89. The first kappa shape index (κ1) is 15.6. The standard InChI is InChI=1S/C13H16N2O5/c1-7(2)11(13(17)18)14-12(16)10-8(3)5-4-6-9(10)15(19)20/h4-7,11H,1-3H3,(H,14,16)(H,17,18)/t11-/m1/s1. The molecule has 0 aliphatic rings. The molecule has 7 nitrogen and oxygen atoms in total. The van der Waals surface area contributed by atoms with Crippen LogP contribution in [0.3, 0.4) is 0 Å². The van der Waals surface area contributed by atoms with Crippen LogP contribution in [-0.2, 0) is 4.79 Å². The Bertz CT molecular complexity index is 554. The van der Waals surface area contributed by atoms with Crippen LogP contribution in [-0.4, -0.2) is 27.9 Å². The summed E-state index contributed by atoms with van der Waals surface area (Å²) in [6.07, 6.45) is 0. The lowest BCUT2D eigenvalue weighted by Crippen LogP contribution is -2.44. The number of aliphatic carboxylic acids is 1. The molecule has 0 aromatic heterocycles. The minimum Gasteiger partial charge on any atom is -0.480 e. The molecule has 0 bridgehead atoms. The van der Waals surface area contributed by atoms with Crippen molar-refractivity contribution >= 4 is 17.6 Å². The van der Waals surface area contributed by atoms with E-state index in [4.69, 9.17) is 5.11 Å². The summed E-state index contributed by atoms with van der Waals surface area (Å²) in [5.74, 6) is -2.26. The van der Waals surface area contributed by atoms with E-state index < -0.39 is 22.8 Å². The van der Waals surface area contributed by atoms with Crippen LogP contribution in [0.15, 0.2) is 18.2 Å². The molecule has 0 saturated carbocycles. The van der Waals surface area contributed by atoms with Gasteiger partial charge in [0.05, 0.1) is 4.92 Å². The number of rotatable bonds is 5. The van der Waals surface area contributed by atoms with Gasteiger partial charge in [-0.15, -0.1) is 0 Å². The number of nitrogens with zero attached hydrogens (tertiary/aromatic N) is 1. The van der Waals surface area contributed by atoms with Crippen molar-refractivity contribution in [3.05, 3.63) is 39.4 Å². The minimum absolute atomic E-state index is 0.107. The van der Waals surface area contributed by atoms with Gasteiger partial charge in [-0.05, 0) is 18.4 Å². The minimum atomic E-state index is -1.18. The van der Waals surface area contributed by atoms with Crippen LogP contribution in [0.5, 0.6) is 0 Å². The number of benzene rings is 1. The number of carboxylic acid groups (broad SMARTS) is 1. The fourth-order valence-corrected chi connectivity index (χ4v) is 1.83. The maximum Gasteiger partial charge on any atom is 0.326 e. The SMILES string of the molecule is Cc1cccc([N+](=O)[O-])c1C(=O)N[C@@H](C(=O)O)C(C)C. The number of nitro groups is 1. The van der Waals surface area contributed by atoms with Crippen LogP contribution in [0.1, 0.15) is 29.8 Å². The van der Waals surface area contributed by atoms with E-state index in [1.54, 1.807) is 26.8 Å². The summed E-state index contributed by atoms with van der Waals surface area (Å²) in [7, 11) is 0. The number of carboxylic acids is 1. The molecule has 0 aliphatic heterocycles. The summed E-state index contributed by atoms with van der Waals surface area (Å²) in [5.41, 5.74) is -0.0237. The number of carbonyl (C=O) groups excluding carboxylic acids is 1. The summed E-state index contributed by atoms with van der Waals surface area (Å²) in [4.78, 5) is 33.5. The summed E-state index contributed by atoms with van der Waals surface area (Å²) < 4.78 is 0. The van der Waals surface area contributed by atoms with Crippen LogP contribution in [0.2, 0.25) is 0 Å². The number of hydrogen-bond acceptors (Lipinski definition) is 4. The van der Waals surface area contributed by atoms with Gasteiger partial charge in [0.15, 0.2) is 0 Å². The number of amides is 1. The molecule has 1 atom stereocenters. The Morgan fingerprint density at radius 3 is 2.40 bits per heavy atom. The second kappa shape index (κ2) is 6.14. The molecule has 0 aliphatic carbocycles. The molecular weight excluding hydrogens is 264 g/mol. The van der Waals surface area contributed by atoms with Gasteiger partial charge in [-0.25, -0.2) is 4.79 Å². The molecule has 0 fully saturated rings. The fraction of sp³-hybridized carbons (Fsp3) is 0.385. The topological polar surface area (TPSA) is 110 Å². The third kappa shape index (κ3) is 3.31. The van der Waals surface area contributed by atoms with Crippen molar-refractivity contribution in [2.75, 3.05) is 0 Å². The van der Waals surface area contributed by atoms with Crippen molar-refractivity contribution < 1.29 is 19.6 Å². The zero-order chi connectivity index (χ0) is 15.4. The zero-order valence-corrected chi connectivity index (χ0v) is 11.4. The van der Waals surface area contributed by atoms with Crippen LogP contribution in [0, 0.1) is 23.0 Å². The highest BCUT2D eigenvalue weighted by molar-refractivity contribution is 6.01. The predicted molar refractivity (Wildman–Crippen MR) is 71.6 cm³/mol. The Balaban J connectivity index is 3.15. The van der Waals surface area contributed by atoms with E-state index in [0.29, 0.717) is 5.56 Å². The van der Waals surface area contributed by atoms with Gasteiger partial charge >= 0.3 is 5.97 Å². The molecule has 1 rings (SSSR count). The molecule has 7 heteroatoms. The number of nitrogens with one attached hydrogen (secondary N) is 1. The van der Waals surface area contributed by atoms with Gasteiger partial charge in [0, 0.05) is 6.07 Å². The van der Waals surface area contributed by atoms with E-state index >= 15 is 0 Å². The van der Waals surface area contributed by atoms with E-state index in [-0.39, 0.29) is 17.2 Å². The van der Waals surface area contributed by atoms with Crippen molar-refractivity contribution in [2.24, 2.45) is 5.92 Å². The number of nitro benzene ring substituents is 1. The molecular formula is C13H16N2O5. The Kier molecular flexibility index (Phi) is 4.79. The highest BCUT2D eigenvalue weighted by Crippen LogP contribution is 2.22. The van der Waals surface area contributed by atoms with E-state index in [2.05, 4.69) is 5.32 Å². The molecule has 108 valence electrons. The molecule has 0 heterocycles. The Labute approximate surface area is 115 Å². The van der Waals surface area contributed by atoms with Crippen LogP contribution in [0.4, 0.5) is 5.69 Å². The van der Waals surface area contributed by atoms with Crippen LogP contribution < -0.4 is 5.32 Å². The van der Waals surface area contributed by atoms with Gasteiger partial charge < -0.3 is 10.4 Å². The van der Waals surface area contributed by atoms with E-state index in [0.717, 1.165) is 0 Å². The summed E-state index contributed by atoms with van der Waals surface area (Å²) >= 11 is 0. The monoisotopic (exact) mass is 280 g/mol. The van der Waals surface area contributed by atoms with Crippen molar-refractivity contribution in [3.8, 4) is 0 Å². The van der Waals surface area contributed by atoms with E-state index in [1.807, 2.05) is 0 Å². The molecule has 1 amide bonds. The highest BCUT2D eigenvalue weighted by Gasteiger charge is 2.28. The van der Waals surface area contributed by atoms with Gasteiger partial charge in [0.1, 0.15) is 11.6 Å². The smallest absolute Gasteiger partial charge is 0.326 e. The first-order valence-corrected chi connectivity index (χ1v) is 6.03. The van der Waals surface area contributed by atoms with Gasteiger partial charge in [-0.1, -0.05) is 26.0 Å². The van der Waals surface area contributed by atoms with Gasteiger partial charge in [0.25, 0.3) is 11.6 Å². The van der Waals surface area contributed by atoms with Gasteiger partial charge in [-0.2, -0.15) is 0 Å².